The quantitative estimate of drug-likeness (QED) is 0.593. The van der Waals surface area contributed by atoms with E-state index in [1.54, 1.807) is 0 Å². The second-order valence-corrected chi connectivity index (χ2v) is 4.50. The summed E-state index contributed by atoms with van der Waals surface area (Å²) in [4.78, 5) is 0. The van der Waals surface area contributed by atoms with Gasteiger partial charge in [0.1, 0.15) is 0 Å². The van der Waals surface area contributed by atoms with Crippen molar-refractivity contribution in [1.82, 2.24) is 0 Å². The highest BCUT2D eigenvalue weighted by Crippen LogP contribution is 2.51. The van der Waals surface area contributed by atoms with Gasteiger partial charge in [-0.3, -0.25) is 0 Å². The van der Waals surface area contributed by atoms with E-state index in [0.717, 1.165) is 0 Å². The molecule has 0 amide bonds. The van der Waals surface area contributed by atoms with Crippen LogP contribution in [0.5, 0.6) is 0 Å². The molecule has 0 aliphatic heterocycles. The maximum absolute atomic E-state index is 12.4. The van der Waals surface area contributed by atoms with Crippen LogP contribution in [0.25, 0.3) is 0 Å². The lowest BCUT2D eigenvalue weighted by molar-refractivity contribution is -0.145. The number of halogens is 4. The molecule has 4 heteroatoms. The molecule has 0 nitrogen and oxygen atoms in total. The van der Waals surface area contributed by atoms with Gasteiger partial charge in [-0.15, -0.1) is 0 Å². The zero-order valence-electron chi connectivity index (χ0n) is 7.20. The molecule has 0 atom stereocenters. The van der Waals surface area contributed by atoms with Crippen LogP contribution >= 0.6 is 0 Å². The van der Waals surface area contributed by atoms with E-state index in [1.165, 1.54) is 0 Å². The van der Waals surface area contributed by atoms with Crippen LogP contribution in [0.3, 0.4) is 0 Å². The van der Waals surface area contributed by atoms with Gasteiger partial charge >= 0.3 is 0 Å². The third kappa shape index (κ3) is 1.97. The normalized spacial score (nSPS) is 32.3. The average molecular weight is 196 g/mol. The maximum atomic E-state index is 12.4. The molecule has 0 radical (unpaired) electrons. The lowest BCUT2D eigenvalue weighted by Crippen LogP contribution is -2.41. The van der Waals surface area contributed by atoms with Gasteiger partial charge in [-0.1, -0.05) is 0 Å². The average Bonchev–Trinajstić information content (AvgIpc) is 1.78. The zero-order valence-corrected chi connectivity index (χ0v) is 7.20. The summed E-state index contributed by atoms with van der Waals surface area (Å²) in [6.07, 6.45) is 0.222. The fourth-order valence-corrected chi connectivity index (χ4v) is 2.37. The van der Waals surface area contributed by atoms with Crippen LogP contribution in [0.1, 0.15) is 32.1 Å². The van der Waals surface area contributed by atoms with Crippen LogP contribution in [-0.2, 0) is 0 Å². The number of alkyl halides is 4. The highest BCUT2D eigenvalue weighted by molar-refractivity contribution is 4.92. The summed E-state index contributed by atoms with van der Waals surface area (Å²) in [5.41, 5.74) is 0. The van der Waals surface area contributed by atoms with Crippen molar-refractivity contribution in [3.63, 3.8) is 0 Å². The standard InChI is InChI=1S/C9H12F4/c10-8(11)2-6(3-8)1-7-4-9(12,13)5-7/h6-7H,1-5H2. The summed E-state index contributed by atoms with van der Waals surface area (Å²) in [6.45, 7) is 0. The van der Waals surface area contributed by atoms with Crippen molar-refractivity contribution in [3.05, 3.63) is 0 Å². The van der Waals surface area contributed by atoms with Gasteiger partial charge in [0.25, 0.3) is 0 Å². The summed E-state index contributed by atoms with van der Waals surface area (Å²) in [5, 5.41) is 0. The molecule has 2 saturated carbocycles. The molecule has 0 aromatic heterocycles. The van der Waals surface area contributed by atoms with Crippen molar-refractivity contribution in [2.75, 3.05) is 0 Å². The number of hydrogen-bond donors (Lipinski definition) is 0. The Morgan fingerprint density at radius 2 is 1.08 bits per heavy atom. The van der Waals surface area contributed by atoms with Gasteiger partial charge in [-0.2, -0.15) is 0 Å². The second-order valence-electron chi connectivity index (χ2n) is 4.50. The minimum absolute atomic E-state index is 0.00361. The van der Waals surface area contributed by atoms with Crippen LogP contribution in [0, 0.1) is 11.8 Å². The van der Waals surface area contributed by atoms with E-state index in [4.69, 9.17) is 0 Å². The third-order valence-corrected chi connectivity index (χ3v) is 3.02. The first kappa shape index (κ1) is 9.28. The minimum Gasteiger partial charge on any atom is -0.207 e. The van der Waals surface area contributed by atoms with Gasteiger partial charge in [-0.25, -0.2) is 17.6 Å². The molecule has 0 aromatic rings. The van der Waals surface area contributed by atoms with Gasteiger partial charge < -0.3 is 0 Å². The molecule has 13 heavy (non-hydrogen) atoms. The Morgan fingerprint density at radius 3 is 1.31 bits per heavy atom. The van der Waals surface area contributed by atoms with Crippen molar-refractivity contribution < 1.29 is 17.6 Å². The van der Waals surface area contributed by atoms with Gasteiger partial charge in [0.05, 0.1) is 0 Å². The van der Waals surface area contributed by atoms with E-state index >= 15 is 0 Å². The van der Waals surface area contributed by atoms with Crippen LogP contribution in [-0.4, -0.2) is 11.8 Å². The number of hydrogen-bond acceptors (Lipinski definition) is 0. The first-order chi connectivity index (χ1) is 5.86. The Bertz CT molecular complexity index is 174. The number of rotatable bonds is 2. The predicted molar refractivity (Wildman–Crippen MR) is 40.0 cm³/mol. The van der Waals surface area contributed by atoms with E-state index in [-0.39, 0.29) is 37.5 Å². The first-order valence-electron chi connectivity index (χ1n) is 4.62. The highest BCUT2D eigenvalue weighted by atomic mass is 19.3. The fourth-order valence-electron chi connectivity index (χ4n) is 2.37. The van der Waals surface area contributed by atoms with Gasteiger partial charge in [0, 0.05) is 25.7 Å². The second kappa shape index (κ2) is 2.61. The van der Waals surface area contributed by atoms with Crippen molar-refractivity contribution in [1.29, 1.82) is 0 Å². The van der Waals surface area contributed by atoms with Gasteiger partial charge in [-0.05, 0) is 18.3 Å². The van der Waals surface area contributed by atoms with Crippen molar-refractivity contribution in [2.45, 2.75) is 43.9 Å². The van der Waals surface area contributed by atoms with Crippen molar-refractivity contribution >= 4 is 0 Å². The Balaban J connectivity index is 1.66. The molecule has 2 aliphatic rings. The third-order valence-electron chi connectivity index (χ3n) is 3.02. The minimum atomic E-state index is -2.50. The van der Waals surface area contributed by atoms with E-state index in [2.05, 4.69) is 0 Å². The maximum Gasteiger partial charge on any atom is 0.248 e. The summed E-state index contributed by atoms with van der Waals surface area (Å²) in [7, 11) is 0. The van der Waals surface area contributed by atoms with Crippen LogP contribution < -0.4 is 0 Å². The fraction of sp³-hybridized carbons (Fsp3) is 1.00. The van der Waals surface area contributed by atoms with Crippen molar-refractivity contribution in [3.8, 4) is 0 Å². The van der Waals surface area contributed by atoms with E-state index in [1.807, 2.05) is 0 Å². The van der Waals surface area contributed by atoms with Gasteiger partial charge in [0.15, 0.2) is 0 Å². The predicted octanol–water partition coefficient (Wildman–Crippen LogP) is 3.47. The molecule has 0 aromatic carbocycles. The molecular weight excluding hydrogens is 184 g/mol. The Kier molecular flexibility index (Phi) is 1.86. The Labute approximate surface area is 74.3 Å². The molecule has 0 saturated heterocycles. The zero-order chi connectivity index (χ0) is 9.69. The summed E-state index contributed by atoms with van der Waals surface area (Å²) < 4.78 is 49.5. The van der Waals surface area contributed by atoms with E-state index in [0.29, 0.717) is 6.42 Å². The lowest BCUT2D eigenvalue weighted by atomic mass is 9.69. The molecule has 0 bridgehead atoms. The van der Waals surface area contributed by atoms with Crippen LogP contribution in [0.15, 0.2) is 0 Å². The first-order valence-corrected chi connectivity index (χ1v) is 4.62. The molecule has 2 fully saturated rings. The molecule has 0 spiro atoms. The molecule has 0 heterocycles. The van der Waals surface area contributed by atoms with Crippen molar-refractivity contribution in [2.24, 2.45) is 11.8 Å². The Morgan fingerprint density at radius 1 is 0.769 bits per heavy atom. The van der Waals surface area contributed by atoms with Crippen LogP contribution in [0.4, 0.5) is 17.6 Å². The van der Waals surface area contributed by atoms with Crippen LogP contribution in [0.2, 0.25) is 0 Å². The monoisotopic (exact) mass is 196 g/mol. The molecule has 2 aliphatic carbocycles. The molecule has 0 N–H and O–H groups in total. The molecule has 2 rings (SSSR count). The van der Waals surface area contributed by atoms with E-state index < -0.39 is 11.8 Å². The summed E-state index contributed by atoms with van der Waals surface area (Å²) in [6, 6.07) is 0. The SMILES string of the molecule is FC1(F)CC(CC2CC(F)(F)C2)C1. The van der Waals surface area contributed by atoms with Gasteiger partial charge in [0.2, 0.25) is 11.8 Å². The highest BCUT2D eigenvalue weighted by Gasteiger charge is 2.50. The lowest BCUT2D eigenvalue weighted by Gasteiger charge is -2.42. The Hall–Kier alpha value is -0.280. The summed E-state index contributed by atoms with van der Waals surface area (Å²) >= 11 is 0. The largest absolute Gasteiger partial charge is 0.248 e. The topological polar surface area (TPSA) is 0 Å². The molecule has 76 valence electrons. The summed E-state index contributed by atoms with van der Waals surface area (Å²) in [5.74, 6) is -5.01. The smallest absolute Gasteiger partial charge is 0.207 e. The molecular formula is C9H12F4. The molecule has 0 unspecified atom stereocenters. The van der Waals surface area contributed by atoms with E-state index in [9.17, 15) is 17.6 Å².